The molecule has 1 fully saturated rings. The number of nitrogens with zero attached hydrogens (tertiary/aromatic N) is 2. The average Bonchev–Trinajstić information content (AvgIpc) is 2.79. The highest BCUT2D eigenvalue weighted by Crippen LogP contribution is 2.40. The summed E-state index contributed by atoms with van der Waals surface area (Å²) >= 11 is 6.20. The van der Waals surface area contributed by atoms with Crippen molar-refractivity contribution in [2.24, 2.45) is 0 Å². The van der Waals surface area contributed by atoms with E-state index in [1.807, 2.05) is 0 Å². The molecule has 1 aliphatic carbocycles. The summed E-state index contributed by atoms with van der Waals surface area (Å²) in [5, 5.41) is 15.6. The molecule has 1 saturated carbocycles. The van der Waals surface area contributed by atoms with Crippen molar-refractivity contribution in [3.63, 3.8) is 0 Å². The van der Waals surface area contributed by atoms with Gasteiger partial charge in [-0.25, -0.2) is 0 Å². The summed E-state index contributed by atoms with van der Waals surface area (Å²) in [6.45, 7) is 1.14. The van der Waals surface area contributed by atoms with Crippen LogP contribution in [0.2, 0.25) is 5.02 Å². The molecule has 19 heavy (non-hydrogen) atoms. The molecule has 108 valence electrons. The number of hydrogen-bond acceptors (Lipinski definition) is 4. The first kappa shape index (κ1) is 14.8. The van der Waals surface area contributed by atoms with E-state index in [1.54, 1.807) is 25.1 Å². The molecule has 1 aromatic rings. The van der Waals surface area contributed by atoms with E-state index in [1.165, 1.54) is 0 Å². The van der Waals surface area contributed by atoms with E-state index < -0.39 is 5.60 Å². The van der Waals surface area contributed by atoms with Gasteiger partial charge in [0, 0.05) is 14.2 Å². The van der Waals surface area contributed by atoms with Crippen molar-refractivity contribution in [3.05, 3.63) is 16.9 Å². The van der Waals surface area contributed by atoms with E-state index in [-0.39, 0.29) is 6.10 Å². The average molecular weight is 289 g/mol. The van der Waals surface area contributed by atoms with Crippen LogP contribution in [0.25, 0.3) is 0 Å². The van der Waals surface area contributed by atoms with Gasteiger partial charge in [0.05, 0.1) is 36.2 Å². The van der Waals surface area contributed by atoms with Gasteiger partial charge < -0.3 is 14.6 Å². The van der Waals surface area contributed by atoms with Crippen molar-refractivity contribution in [1.29, 1.82) is 0 Å². The SMILES string of the molecule is COCCn1ncc(Cl)c1C1(O)CCC(OC)CC1. The fourth-order valence-corrected chi connectivity index (χ4v) is 3.03. The van der Waals surface area contributed by atoms with Gasteiger partial charge in [-0.05, 0) is 25.7 Å². The van der Waals surface area contributed by atoms with E-state index >= 15 is 0 Å². The molecular weight excluding hydrogens is 268 g/mol. The molecule has 1 N–H and O–H groups in total. The minimum absolute atomic E-state index is 0.231. The van der Waals surface area contributed by atoms with E-state index in [0.29, 0.717) is 36.7 Å². The van der Waals surface area contributed by atoms with Crippen molar-refractivity contribution in [2.75, 3.05) is 20.8 Å². The van der Waals surface area contributed by atoms with Crippen LogP contribution < -0.4 is 0 Å². The van der Waals surface area contributed by atoms with Crippen LogP contribution in [-0.4, -0.2) is 41.8 Å². The van der Waals surface area contributed by atoms with Crippen LogP contribution in [0.3, 0.4) is 0 Å². The number of ether oxygens (including phenoxy) is 2. The smallest absolute Gasteiger partial charge is 0.108 e. The van der Waals surface area contributed by atoms with E-state index in [0.717, 1.165) is 12.8 Å². The van der Waals surface area contributed by atoms with Crippen LogP contribution in [0.4, 0.5) is 0 Å². The second-order valence-electron chi connectivity index (χ2n) is 5.02. The zero-order valence-electron chi connectivity index (χ0n) is 11.4. The van der Waals surface area contributed by atoms with Gasteiger partial charge in [0.1, 0.15) is 5.60 Å². The van der Waals surface area contributed by atoms with Crippen LogP contribution in [0.1, 0.15) is 31.4 Å². The normalized spacial score (nSPS) is 27.7. The number of methoxy groups -OCH3 is 2. The van der Waals surface area contributed by atoms with Crippen LogP contribution in [0.5, 0.6) is 0 Å². The lowest BCUT2D eigenvalue weighted by molar-refractivity contribution is -0.0530. The summed E-state index contributed by atoms with van der Waals surface area (Å²) in [5.41, 5.74) is -0.197. The lowest BCUT2D eigenvalue weighted by atomic mass is 9.81. The molecule has 0 spiro atoms. The Bertz CT molecular complexity index is 414. The van der Waals surface area contributed by atoms with Crippen molar-refractivity contribution in [1.82, 2.24) is 9.78 Å². The van der Waals surface area contributed by atoms with Crippen molar-refractivity contribution >= 4 is 11.6 Å². The molecule has 0 unspecified atom stereocenters. The summed E-state index contributed by atoms with van der Waals surface area (Å²) in [6.07, 6.45) is 4.77. The fraction of sp³-hybridized carbons (Fsp3) is 0.769. The largest absolute Gasteiger partial charge is 0.384 e. The predicted octanol–water partition coefficient (Wildman–Crippen LogP) is 1.96. The van der Waals surface area contributed by atoms with Gasteiger partial charge in [-0.1, -0.05) is 11.6 Å². The lowest BCUT2D eigenvalue weighted by Crippen LogP contribution is -2.36. The standard InChI is InChI=1S/C13H21ClN2O3/c1-18-8-7-16-12(11(14)9-15-16)13(17)5-3-10(19-2)4-6-13/h9-10,17H,3-8H2,1-2H3. The fourth-order valence-electron chi connectivity index (χ4n) is 2.71. The second-order valence-corrected chi connectivity index (χ2v) is 5.43. The van der Waals surface area contributed by atoms with Gasteiger partial charge in [0.2, 0.25) is 0 Å². The monoisotopic (exact) mass is 288 g/mol. The Balaban J connectivity index is 2.18. The molecule has 0 aliphatic heterocycles. The molecule has 1 aliphatic rings. The molecule has 0 bridgehead atoms. The second kappa shape index (κ2) is 6.22. The molecule has 6 heteroatoms. The zero-order valence-corrected chi connectivity index (χ0v) is 12.2. The van der Waals surface area contributed by atoms with Crippen LogP contribution >= 0.6 is 11.6 Å². The minimum Gasteiger partial charge on any atom is -0.384 e. The minimum atomic E-state index is -0.906. The third kappa shape index (κ3) is 3.11. The third-order valence-electron chi connectivity index (χ3n) is 3.84. The Morgan fingerprint density at radius 2 is 2.16 bits per heavy atom. The molecule has 0 amide bonds. The van der Waals surface area contributed by atoms with Gasteiger partial charge in [0.25, 0.3) is 0 Å². The van der Waals surface area contributed by atoms with Crippen molar-refractivity contribution in [2.45, 2.75) is 43.9 Å². The highest BCUT2D eigenvalue weighted by Gasteiger charge is 2.39. The Morgan fingerprint density at radius 1 is 1.47 bits per heavy atom. The first-order valence-electron chi connectivity index (χ1n) is 6.56. The maximum absolute atomic E-state index is 10.9. The van der Waals surface area contributed by atoms with E-state index in [4.69, 9.17) is 21.1 Å². The highest BCUT2D eigenvalue weighted by atomic mass is 35.5. The van der Waals surface area contributed by atoms with Gasteiger partial charge >= 0.3 is 0 Å². The molecule has 5 nitrogen and oxygen atoms in total. The summed E-state index contributed by atoms with van der Waals surface area (Å²) in [5.74, 6) is 0. The highest BCUT2D eigenvalue weighted by molar-refractivity contribution is 6.31. The number of hydrogen-bond donors (Lipinski definition) is 1. The third-order valence-corrected chi connectivity index (χ3v) is 4.11. The topological polar surface area (TPSA) is 56.5 Å². The zero-order chi connectivity index (χ0) is 13.9. The lowest BCUT2D eigenvalue weighted by Gasteiger charge is -2.36. The molecular formula is C13H21ClN2O3. The predicted molar refractivity (Wildman–Crippen MR) is 72.3 cm³/mol. The first-order chi connectivity index (χ1) is 9.10. The van der Waals surface area contributed by atoms with Crippen LogP contribution in [0, 0.1) is 0 Å². The molecule has 0 atom stereocenters. The molecule has 0 saturated heterocycles. The van der Waals surface area contributed by atoms with Crippen molar-refractivity contribution < 1.29 is 14.6 Å². The quantitative estimate of drug-likeness (QED) is 0.900. The number of rotatable bonds is 5. The summed E-state index contributed by atoms with van der Waals surface area (Å²) in [7, 11) is 3.36. The van der Waals surface area contributed by atoms with E-state index in [9.17, 15) is 5.11 Å². The van der Waals surface area contributed by atoms with Crippen LogP contribution in [-0.2, 0) is 21.6 Å². The van der Waals surface area contributed by atoms with E-state index in [2.05, 4.69) is 5.10 Å². The molecule has 1 heterocycles. The van der Waals surface area contributed by atoms with Gasteiger partial charge in [-0.3, -0.25) is 4.68 Å². The maximum Gasteiger partial charge on any atom is 0.108 e. The summed E-state index contributed by atoms with van der Waals surface area (Å²) < 4.78 is 12.1. The number of aliphatic hydroxyl groups is 1. The molecule has 0 aromatic carbocycles. The van der Waals surface area contributed by atoms with Gasteiger partial charge in [-0.15, -0.1) is 0 Å². The van der Waals surface area contributed by atoms with Gasteiger partial charge in [0.15, 0.2) is 0 Å². The molecule has 2 rings (SSSR count). The van der Waals surface area contributed by atoms with Crippen LogP contribution in [0.15, 0.2) is 6.20 Å². The number of aromatic nitrogens is 2. The Morgan fingerprint density at radius 3 is 2.74 bits per heavy atom. The Hall–Kier alpha value is -0.620. The molecule has 0 radical (unpaired) electrons. The van der Waals surface area contributed by atoms with Gasteiger partial charge in [-0.2, -0.15) is 5.10 Å². The van der Waals surface area contributed by atoms with Crippen molar-refractivity contribution in [3.8, 4) is 0 Å². The Kier molecular flexibility index (Phi) is 4.84. The summed E-state index contributed by atoms with van der Waals surface area (Å²) in [6, 6.07) is 0. The maximum atomic E-state index is 10.9. The first-order valence-corrected chi connectivity index (χ1v) is 6.94. The molecule has 1 aromatic heterocycles. The Labute approximate surface area is 118 Å². The summed E-state index contributed by atoms with van der Waals surface area (Å²) in [4.78, 5) is 0. The number of halogens is 1.